The first-order chi connectivity index (χ1) is 15.7. The molecule has 0 amide bonds. The van der Waals surface area contributed by atoms with Crippen LogP contribution in [0.1, 0.15) is 30.0 Å². The molecule has 2 N–H and O–H groups in total. The molecule has 1 fully saturated rings. The number of nitrogens with one attached hydrogen (secondary N) is 2. The van der Waals surface area contributed by atoms with Gasteiger partial charge in [0.1, 0.15) is 11.5 Å². The van der Waals surface area contributed by atoms with Crippen LogP contribution in [-0.4, -0.2) is 64.9 Å². The monoisotopic (exact) mass is 440 g/mol. The summed E-state index contributed by atoms with van der Waals surface area (Å²) in [5.41, 5.74) is 2.30. The van der Waals surface area contributed by atoms with Crippen LogP contribution >= 0.6 is 0 Å². The lowest BCUT2D eigenvalue weighted by Crippen LogP contribution is -2.43. The zero-order chi connectivity index (χ0) is 22.6. The van der Waals surface area contributed by atoms with E-state index in [0.717, 1.165) is 42.7 Å². The molecule has 1 unspecified atom stereocenters. The van der Waals surface area contributed by atoms with E-state index in [0.29, 0.717) is 19.8 Å². The van der Waals surface area contributed by atoms with E-state index in [1.807, 2.05) is 30.3 Å². The fourth-order valence-electron chi connectivity index (χ4n) is 4.02. The van der Waals surface area contributed by atoms with Crippen molar-refractivity contribution >= 4 is 5.96 Å². The van der Waals surface area contributed by atoms with E-state index in [1.165, 1.54) is 18.4 Å². The molecule has 1 aliphatic heterocycles. The Hall–Kier alpha value is -2.77. The minimum Gasteiger partial charge on any atom is -0.497 e. The number of nitrogens with zero attached hydrogens (tertiary/aromatic N) is 2. The fourth-order valence-corrected chi connectivity index (χ4v) is 4.02. The topological polar surface area (TPSA) is 67.4 Å². The highest BCUT2D eigenvalue weighted by atomic mass is 16.5. The summed E-state index contributed by atoms with van der Waals surface area (Å²) < 4.78 is 16.6. The van der Waals surface area contributed by atoms with Gasteiger partial charge in [0.05, 0.1) is 33.5 Å². The minimum absolute atomic E-state index is 0.271. The molecule has 2 aromatic carbocycles. The first-order valence-electron chi connectivity index (χ1n) is 11.3. The molecule has 3 rings (SSSR count). The van der Waals surface area contributed by atoms with Crippen molar-refractivity contribution in [2.45, 2.75) is 25.5 Å². The highest BCUT2D eigenvalue weighted by molar-refractivity contribution is 5.79. The van der Waals surface area contributed by atoms with Gasteiger partial charge in [0.25, 0.3) is 0 Å². The molecule has 0 aliphatic carbocycles. The quantitative estimate of drug-likeness (QED) is 0.318. The first-order valence-corrected chi connectivity index (χ1v) is 11.3. The molecule has 7 nitrogen and oxygen atoms in total. The highest BCUT2D eigenvalue weighted by Crippen LogP contribution is 2.27. The second-order valence-electron chi connectivity index (χ2n) is 7.78. The summed E-state index contributed by atoms with van der Waals surface area (Å²) in [4.78, 5) is 6.91. The lowest BCUT2D eigenvalue weighted by Gasteiger charge is -2.29. The Morgan fingerprint density at radius 1 is 1.03 bits per heavy atom. The molecule has 2 aromatic rings. The number of guanidine groups is 1. The molecule has 174 valence electrons. The van der Waals surface area contributed by atoms with Crippen LogP contribution in [0, 0.1) is 0 Å². The number of ether oxygens (including phenoxy) is 3. The van der Waals surface area contributed by atoms with Gasteiger partial charge < -0.3 is 24.8 Å². The Morgan fingerprint density at radius 2 is 1.84 bits per heavy atom. The molecular formula is C25H36N4O3. The summed E-state index contributed by atoms with van der Waals surface area (Å²) in [5, 5.41) is 6.83. The largest absolute Gasteiger partial charge is 0.497 e. The predicted molar refractivity (Wildman–Crippen MR) is 129 cm³/mol. The maximum absolute atomic E-state index is 5.81. The van der Waals surface area contributed by atoms with Gasteiger partial charge in [-0.2, -0.15) is 0 Å². The Kier molecular flexibility index (Phi) is 9.65. The zero-order valence-electron chi connectivity index (χ0n) is 19.5. The van der Waals surface area contributed by atoms with Crippen LogP contribution in [-0.2, 0) is 11.3 Å². The van der Waals surface area contributed by atoms with Crippen LogP contribution < -0.4 is 20.1 Å². The van der Waals surface area contributed by atoms with Gasteiger partial charge in [-0.25, -0.2) is 0 Å². The van der Waals surface area contributed by atoms with Crippen LogP contribution in [0.25, 0.3) is 0 Å². The van der Waals surface area contributed by atoms with Crippen molar-refractivity contribution in [2.24, 2.45) is 4.99 Å². The molecule has 0 saturated carbocycles. The second kappa shape index (κ2) is 12.9. The fraction of sp³-hybridized carbons (Fsp3) is 0.480. The van der Waals surface area contributed by atoms with E-state index in [4.69, 9.17) is 14.2 Å². The molecule has 0 bridgehead atoms. The summed E-state index contributed by atoms with van der Waals surface area (Å²) in [7, 11) is 5.18. The van der Waals surface area contributed by atoms with Gasteiger partial charge >= 0.3 is 0 Å². The van der Waals surface area contributed by atoms with E-state index < -0.39 is 0 Å². The van der Waals surface area contributed by atoms with Crippen LogP contribution in [0.15, 0.2) is 53.5 Å². The smallest absolute Gasteiger partial charge is 0.191 e. The number of benzene rings is 2. The summed E-state index contributed by atoms with van der Waals surface area (Å²) in [6, 6.07) is 16.5. The number of aliphatic imine (C=N–C) groups is 1. The predicted octanol–water partition coefficient (Wildman–Crippen LogP) is 3.22. The number of hydrogen-bond donors (Lipinski definition) is 2. The number of para-hydroxylation sites is 1. The van der Waals surface area contributed by atoms with E-state index in [2.05, 4.69) is 38.7 Å². The molecule has 0 aromatic heterocycles. The average Bonchev–Trinajstić information content (AvgIpc) is 3.37. The third-order valence-electron chi connectivity index (χ3n) is 5.74. The Balaban J connectivity index is 1.48. The van der Waals surface area contributed by atoms with Crippen molar-refractivity contribution < 1.29 is 14.2 Å². The van der Waals surface area contributed by atoms with Crippen molar-refractivity contribution in [1.82, 2.24) is 15.5 Å². The lowest BCUT2D eigenvalue weighted by atomic mass is 10.1. The average molecular weight is 441 g/mol. The molecule has 1 atom stereocenters. The minimum atomic E-state index is 0.271. The third kappa shape index (κ3) is 6.87. The SMILES string of the molecule is CN=C(NCCOCc1ccccc1OC)NCC(c1cccc(OC)c1)N1CCCC1. The van der Waals surface area contributed by atoms with Crippen LogP contribution in [0.2, 0.25) is 0 Å². The first kappa shape index (κ1) is 23.9. The molecule has 32 heavy (non-hydrogen) atoms. The number of likely N-dealkylation sites (tertiary alicyclic amines) is 1. The number of rotatable bonds is 11. The Morgan fingerprint density at radius 3 is 2.59 bits per heavy atom. The third-order valence-corrected chi connectivity index (χ3v) is 5.74. The van der Waals surface area contributed by atoms with Gasteiger partial charge in [-0.3, -0.25) is 9.89 Å². The normalized spacial score (nSPS) is 15.4. The van der Waals surface area contributed by atoms with Gasteiger partial charge in [-0.1, -0.05) is 30.3 Å². The molecule has 1 aliphatic rings. The van der Waals surface area contributed by atoms with Crippen molar-refractivity contribution in [1.29, 1.82) is 0 Å². The van der Waals surface area contributed by atoms with Crippen molar-refractivity contribution in [3.8, 4) is 11.5 Å². The molecule has 0 spiro atoms. The molecule has 1 saturated heterocycles. The van der Waals surface area contributed by atoms with Crippen molar-refractivity contribution in [3.05, 3.63) is 59.7 Å². The van der Waals surface area contributed by atoms with Crippen LogP contribution in [0.3, 0.4) is 0 Å². The summed E-state index contributed by atoms with van der Waals surface area (Å²) in [5.74, 6) is 2.52. The lowest BCUT2D eigenvalue weighted by molar-refractivity contribution is 0.123. The van der Waals surface area contributed by atoms with Crippen molar-refractivity contribution in [3.63, 3.8) is 0 Å². The summed E-state index contributed by atoms with van der Waals surface area (Å²) >= 11 is 0. The molecule has 7 heteroatoms. The van der Waals surface area contributed by atoms with Gasteiger partial charge in [-0.15, -0.1) is 0 Å². The second-order valence-corrected chi connectivity index (χ2v) is 7.78. The van der Waals surface area contributed by atoms with Gasteiger partial charge in [0, 0.05) is 25.7 Å². The summed E-state index contributed by atoms with van der Waals surface area (Å²) in [6.07, 6.45) is 2.49. The Bertz CT molecular complexity index is 853. The molecule has 0 radical (unpaired) electrons. The maximum atomic E-state index is 5.81. The maximum Gasteiger partial charge on any atom is 0.191 e. The van der Waals surface area contributed by atoms with Gasteiger partial charge in [-0.05, 0) is 49.7 Å². The van der Waals surface area contributed by atoms with E-state index >= 15 is 0 Å². The standard InChI is InChI=1S/C25H36N4O3/c1-26-25(27-13-16-32-19-21-9-4-5-12-24(21)31-3)28-18-23(29-14-6-7-15-29)20-10-8-11-22(17-20)30-2/h4-5,8-12,17,23H,6-7,13-16,18-19H2,1-3H3,(H2,26,27,28). The van der Waals surface area contributed by atoms with E-state index in [-0.39, 0.29) is 6.04 Å². The zero-order valence-corrected chi connectivity index (χ0v) is 19.5. The molecular weight excluding hydrogens is 404 g/mol. The number of hydrogen-bond acceptors (Lipinski definition) is 5. The van der Waals surface area contributed by atoms with Crippen LogP contribution in [0.5, 0.6) is 11.5 Å². The Labute approximate surface area is 191 Å². The molecule has 1 heterocycles. The van der Waals surface area contributed by atoms with Crippen LogP contribution in [0.4, 0.5) is 0 Å². The highest BCUT2D eigenvalue weighted by Gasteiger charge is 2.24. The summed E-state index contributed by atoms with van der Waals surface area (Å²) in [6.45, 7) is 4.77. The van der Waals surface area contributed by atoms with E-state index in [9.17, 15) is 0 Å². The van der Waals surface area contributed by atoms with Crippen molar-refractivity contribution in [2.75, 3.05) is 54.1 Å². The number of methoxy groups -OCH3 is 2. The van der Waals surface area contributed by atoms with Gasteiger partial charge in [0.15, 0.2) is 5.96 Å². The van der Waals surface area contributed by atoms with Gasteiger partial charge in [0.2, 0.25) is 0 Å². The van der Waals surface area contributed by atoms with E-state index in [1.54, 1.807) is 21.3 Å².